The van der Waals surface area contributed by atoms with Gasteiger partial charge in [-0.05, 0) is 55.2 Å². The minimum Gasteiger partial charge on any atom is -0.374 e. The number of hydrogen-bond donors (Lipinski definition) is 0. The van der Waals surface area contributed by atoms with Crippen LogP contribution in [0.5, 0.6) is 0 Å². The van der Waals surface area contributed by atoms with Gasteiger partial charge in [0, 0.05) is 24.1 Å². The monoisotopic (exact) mass is 551 g/mol. The number of carbonyl (C=O) groups is 1. The topological polar surface area (TPSA) is 65.7 Å². The van der Waals surface area contributed by atoms with Crippen molar-refractivity contribution < 1.29 is 27.2 Å². The van der Waals surface area contributed by atoms with Gasteiger partial charge in [0.2, 0.25) is 0 Å². The van der Waals surface area contributed by atoms with Crippen molar-refractivity contribution >= 4 is 34.8 Å². The van der Waals surface area contributed by atoms with Crippen molar-refractivity contribution in [3.8, 4) is 18.4 Å². The number of oxime groups is 1. The van der Waals surface area contributed by atoms with Crippen LogP contribution in [-0.4, -0.2) is 35.8 Å². The van der Waals surface area contributed by atoms with E-state index in [9.17, 15) is 27.6 Å². The third-order valence-electron chi connectivity index (χ3n) is 6.58. The fourth-order valence-electron chi connectivity index (χ4n) is 4.23. The predicted molar refractivity (Wildman–Crippen MR) is 130 cm³/mol. The summed E-state index contributed by atoms with van der Waals surface area (Å²) in [7, 11) is 0. The van der Waals surface area contributed by atoms with Crippen LogP contribution in [0.1, 0.15) is 46.3 Å². The minimum atomic E-state index is -4.94. The van der Waals surface area contributed by atoms with Crippen LogP contribution in [0.2, 0.25) is 10.0 Å². The molecule has 2 aromatic rings. The molecule has 4 rings (SSSR count). The Balaban J connectivity index is 1.62. The van der Waals surface area contributed by atoms with E-state index >= 15 is 0 Å². The lowest BCUT2D eigenvalue weighted by molar-refractivity contribution is -0.275. The third-order valence-corrected chi connectivity index (χ3v) is 7.13. The van der Waals surface area contributed by atoms with Gasteiger partial charge in [0.05, 0.1) is 33.8 Å². The minimum absolute atomic E-state index is 0.0148. The molecule has 11 heteroatoms. The van der Waals surface area contributed by atoms with Crippen LogP contribution in [0.3, 0.4) is 0 Å². The van der Waals surface area contributed by atoms with Crippen molar-refractivity contribution in [3.05, 3.63) is 68.4 Å². The molecule has 5 nitrogen and oxygen atoms in total. The van der Waals surface area contributed by atoms with E-state index in [0.29, 0.717) is 29.5 Å². The molecule has 0 radical (unpaired) electrons. The second-order valence-corrected chi connectivity index (χ2v) is 9.99. The molecule has 1 aliphatic heterocycles. The Morgan fingerprint density at radius 2 is 1.89 bits per heavy atom. The molecule has 1 aliphatic carbocycles. The maximum absolute atomic E-state index is 14.3. The molecule has 0 N–H and O–H groups in total. The van der Waals surface area contributed by atoms with Crippen molar-refractivity contribution in [2.45, 2.75) is 38.0 Å². The third kappa shape index (κ3) is 4.86. The Labute approximate surface area is 220 Å². The van der Waals surface area contributed by atoms with Gasteiger partial charge in [0.1, 0.15) is 0 Å². The number of amides is 1. The molecule has 1 unspecified atom stereocenters. The molecule has 1 heterocycles. The van der Waals surface area contributed by atoms with Gasteiger partial charge < -0.3 is 9.74 Å². The lowest BCUT2D eigenvalue weighted by atomic mass is 9.86. The summed E-state index contributed by atoms with van der Waals surface area (Å²) in [5.74, 6) is 1.01. The summed E-state index contributed by atoms with van der Waals surface area (Å²) in [5.41, 5.74) is -2.96. The van der Waals surface area contributed by atoms with E-state index < -0.39 is 45.0 Å². The Hall–Kier alpha value is -3.27. The van der Waals surface area contributed by atoms with Gasteiger partial charge in [0.25, 0.3) is 11.5 Å². The maximum Gasteiger partial charge on any atom is 0.435 e. The average Bonchev–Trinajstić information content (AvgIpc) is 3.46. The number of terminal acetylenes is 1. The molecule has 1 fully saturated rings. The van der Waals surface area contributed by atoms with Crippen LogP contribution >= 0.6 is 23.2 Å². The Kier molecular flexibility index (Phi) is 6.92. The van der Waals surface area contributed by atoms with Crippen molar-refractivity contribution in [2.24, 2.45) is 10.6 Å². The fourth-order valence-corrected chi connectivity index (χ4v) is 4.72. The summed E-state index contributed by atoms with van der Waals surface area (Å²) in [6, 6.07) is 8.33. The van der Waals surface area contributed by atoms with Crippen LogP contribution in [-0.2, 0) is 10.4 Å². The van der Waals surface area contributed by atoms with Gasteiger partial charge >= 0.3 is 6.18 Å². The molecule has 2 aliphatic rings. The highest BCUT2D eigenvalue weighted by atomic mass is 35.5. The summed E-state index contributed by atoms with van der Waals surface area (Å²) >= 11 is 11.5. The number of aryl methyl sites for hydroxylation is 1. The Morgan fingerprint density at radius 1 is 1.24 bits per heavy atom. The van der Waals surface area contributed by atoms with Crippen molar-refractivity contribution in [2.75, 3.05) is 13.1 Å². The molecular weight excluding hydrogens is 533 g/mol. The van der Waals surface area contributed by atoms with Crippen LogP contribution in [0.4, 0.5) is 17.6 Å². The highest BCUT2D eigenvalue weighted by Gasteiger charge is 2.62. The number of carbonyl (C=O) groups excluding carboxylic acids is 1. The van der Waals surface area contributed by atoms with Crippen molar-refractivity contribution in [1.29, 1.82) is 5.26 Å². The summed E-state index contributed by atoms with van der Waals surface area (Å²) in [6.07, 6.45) is 1.12. The van der Waals surface area contributed by atoms with Crippen LogP contribution in [0, 0.1) is 41.8 Å². The highest BCUT2D eigenvalue weighted by molar-refractivity contribution is 6.35. The highest BCUT2D eigenvalue weighted by Crippen LogP contribution is 2.50. The summed E-state index contributed by atoms with van der Waals surface area (Å²) < 4.78 is 56.7. The summed E-state index contributed by atoms with van der Waals surface area (Å²) in [6.45, 7) is 1.85. The number of halogens is 6. The van der Waals surface area contributed by atoms with Gasteiger partial charge in [-0.15, -0.1) is 6.42 Å². The first-order valence-corrected chi connectivity index (χ1v) is 11.8. The molecule has 1 atom stereocenters. The van der Waals surface area contributed by atoms with Crippen LogP contribution in [0.15, 0.2) is 35.5 Å². The van der Waals surface area contributed by atoms with Crippen molar-refractivity contribution in [3.63, 3.8) is 0 Å². The Morgan fingerprint density at radius 3 is 2.41 bits per heavy atom. The molecule has 2 aromatic carbocycles. The van der Waals surface area contributed by atoms with Gasteiger partial charge in [-0.1, -0.05) is 40.3 Å². The molecular formula is C26H19Cl2F4N3O2. The van der Waals surface area contributed by atoms with Crippen molar-refractivity contribution in [1.82, 2.24) is 4.90 Å². The molecule has 1 amide bonds. The average molecular weight is 552 g/mol. The maximum atomic E-state index is 14.3. The fraction of sp³-hybridized carbons (Fsp3) is 0.346. The zero-order chi connectivity index (χ0) is 27.2. The molecule has 192 valence electrons. The Bertz CT molecular complexity index is 1370. The number of benzene rings is 2. The molecule has 0 saturated heterocycles. The van der Waals surface area contributed by atoms with E-state index in [0.717, 1.165) is 12.1 Å². The lowest BCUT2D eigenvalue weighted by Crippen LogP contribution is -2.42. The van der Waals surface area contributed by atoms with Crippen LogP contribution < -0.4 is 0 Å². The smallest absolute Gasteiger partial charge is 0.374 e. The molecule has 37 heavy (non-hydrogen) atoms. The molecule has 0 bridgehead atoms. The number of rotatable bonds is 6. The first-order valence-electron chi connectivity index (χ1n) is 11.1. The van der Waals surface area contributed by atoms with Gasteiger partial charge in [0.15, 0.2) is 5.82 Å². The zero-order valence-corrected chi connectivity index (χ0v) is 20.9. The number of alkyl halides is 3. The SMILES string of the molecule is C#CCN(CC1(C#N)CC1)C(=O)c1ccc(C2=NOC(c3cc(Cl)c(F)c(Cl)c3)(C(F)(F)F)C2)cc1C. The van der Waals surface area contributed by atoms with E-state index in [2.05, 4.69) is 17.1 Å². The lowest BCUT2D eigenvalue weighted by Gasteiger charge is -2.29. The first-order chi connectivity index (χ1) is 17.4. The standard InChI is InChI=1S/C26H19Cl2F4N3O2/c1-3-8-35(14-24(13-33)6-7-24)23(36)18-5-4-16(9-15(18)2)21-12-25(37-34-21,26(30,31)32)17-10-19(27)22(29)20(28)11-17/h1,4-5,9-11H,6-8,12,14H2,2H3. The van der Waals surface area contributed by atoms with E-state index in [1.807, 2.05) is 0 Å². The predicted octanol–water partition coefficient (Wildman–Crippen LogP) is 6.40. The zero-order valence-electron chi connectivity index (χ0n) is 19.4. The van der Waals surface area contributed by atoms with E-state index in [4.69, 9.17) is 34.5 Å². The molecule has 0 aromatic heterocycles. The summed E-state index contributed by atoms with van der Waals surface area (Å²) in [5, 5.41) is 11.9. The van der Waals surface area contributed by atoms with E-state index in [1.54, 1.807) is 6.92 Å². The second kappa shape index (κ2) is 9.55. The second-order valence-electron chi connectivity index (χ2n) is 9.17. The number of nitriles is 1. The van der Waals surface area contributed by atoms with E-state index in [-0.39, 0.29) is 24.7 Å². The largest absolute Gasteiger partial charge is 0.435 e. The number of nitrogens with zero attached hydrogens (tertiary/aromatic N) is 3. The van der Waals surface area contributed by atoms with Gasteiger partial charge in [-0.3, -0.25) is 4.79 Å². The van der Waals surface area contributed by atoms with Gasteiger partial charge in [-0.2, -0.15) is 18.4 Å². The quantitative estimate of drug-likeness (QED) is 0.237. The van der Waals surface area contributed by atoms with Gasteiger partial charge in [-0.25, -0.2) is 4.39 Å². The number of hydrogen-bond acceptors (Lipinski definition) is 4. The molecule has 1 saturated carbocycles. The van der Waals surface area contributed by atoms with Crippen LogP contribution in [0.25, 0.3) is 0 Å². The first kappa shape index (κ1) is 26.8. The molecule has 0 spiro atoms. The summed E-state index contributed by atoms with van der Waals surface area (Å²) in [4.78, 5) is 19.6. The van der Waals surface area contributed by atoms with E-state index in [1.165, 1.54) is 23.1 Å². The normalized spacial score (nSPS) is 19.9.